The van der Waals surface area contributed by atoms with Crippen LogP contribution in [0.2, 0.25) is 0 Å². The lowest BCUT2D eigenvalue weighted by Crippen LogP contribution is -2.14. The van der Waals surface area contributed by atoms with Crippen LogP contribution in [0.3, 0.4) is 0 Å². The number of aromatic nitrogens is 1. The first-order valence-corrected chi connectivity index (χ1v) is 7.25. The van der Waals surface area contributed by atoms with Gasteiger partial charge in [0.2, 0.25) is 0 Å². The maximum absolute atomic E-state index is 5.35. The summed E-state index contributed by atoms with van der Waals surface area (Å²) in [5.41, 5.74) is 2.51. The molecule has 1 heterocycles. The molecular formula is C17H24N2O2. The molecule has 1 aromatic heterocycles. The summed E-state index contributed by atoms with van der Waals surface area (Å²) in [7, 11) is 5.31. The van der Waals surface area contributed by atoms with Crippen LogP contribution < -0.4 is 14.8 Å². The minimum absolute atomic E-state index is 0.414. The zero-order chi connectivity index (χ0) is 15.2. The van der Waals surface area contributed by atoms with Crippen molar-refractivity contribution in [3.8, 4) is 11.5 Å². The van der Waals surface area contributed by atoms with Crippen molar-refractivity contribution < 1.29 is 9.47 Å². The molecule has 0 amide bonds. The molecule has 114 valence electrons. The van der Waals surface area contributed by atoms with E-state index in [-0.39, 0.29) is 0 Å². The maximum atomic E-state index is 5.35. The van der Waals surface area contributed by atoms with Gasteiger partial charge in [-0.25, -0.2) is 0 Å². The van der Waals surface area contributed by atoms with Gasteiger partial charge in [-0.1, -0.05) is 13.0 Å². The predicted molar refractivity (Wildman–Crippen MR) is 85.2 cm³/mol. The Morgan fingerprint density at radius 2 is 1.90 bits per heavy atom. The number of nitrogens with one attached hydrogen (secondary N) is 1. The zero-order valence-electron chi connectivity index (χ0n) is 13.2. The second-order valence-electron chi connectivity index (χ2n) is 5.06. The Balaban J connectivity index is 2.15. The molecule has 1 atom stereocenters. The van der Waals surface area contributed by atoms with Crippen molar-refractivity contribution in [2.75, 3.05) is 21.3 Å². The second kappa shape index (κ2) is 7.18. The molecule has 0 aliphatic heterocycles. The standard InChI is InChI=1S/C17H24N2O2/c1-5-15(18-2)14-8-9-19(12-14)11-13-6-7-16(20-3)17(10-13)21-4/h6-10,12,15,18H,5,11H2,1-4H3. The molecule has 1 N–H and O–H groups in total. The van der Waals surface area contributed by atoms with E-state index < -0.39 is 0 Å². The molecule has 1 aromatic carbocycles. The molecule has 21 heavy (non-hydrogen) atoms. The molecule has 0 saturated carbocycles. The van der Waals surface area contributed by atoms with Gasteiger partial charge in [-0.3, -0.25) is 0 Å². The van der Waals surface area contributed by atoms with E-state index in [1.807, 2.05) is 19.2 Å². The van der Waals surface area contributed by atoms with Gasteiger partial charge in [-0.15, -0.1) is 0 Å². The number of hydrogen-bond acceptors (Lipinski definition) is 3. The minimum Gasteiger partial charge on any atom is -0.493 e. The van der Waals surface area contributed by atoms with Crippen molar-refractivity contribution in [2.24, 2.45) is 0 Å². The average Bonchev–Trinajstić information content (AvgIpc) is 2.96. The van der Waals surface area contributed by atoms with Gasteiger partial charge in [0.05, 0.1) is 14.2 Å². The van der Waals surface area contributed by atoms with Crippen LogP contribution in [0, 0.1) is 0 Å². The molecule has 1 unspecified atom stereocenters. The Hall–Kier alpha value is -1.94. The Morgan fingerprint density at radius 1 is 1.14 bits per heavy atom. The Morgan fingerprint density at radius 3 is 2.52 bits per heavy atom. The molecule has 4 heteroatoms. The summed E-state index contributed by atoms with van der Waals surface area (Å²) < 4.78 is 12.8. The van der Waals surface area contributed by atoms with Gasteiger partial charge in [0.1, 0.15) is 0 Å². The van der Waals surface area contributed by atoms with Crippen LogP contribution in [0.5, 0.6) is 11.5 Å². The van der Waals surface area contributed by atoms with Crippen LogP contribution in [-0.4, -0.2) is 25.8 Å². The lowest BCUT2D eigenvalue weighted by Gasteiger charge is -2.12. The van der Waals surface area contributed by atoms with Crippen molar-refractivity contribution in [2.45, 2.75) is 25.9 Å². The largest absolute Gasteiger partial charge is 0.493 e. The summed E-state index contributed by atoms with van der Waals surface area (Å²) in [6.45, 7) is 3.01. The Bertz CT molecular complexity index is 574. The van der Waals surface area contributed by atoms with Gasteiger partial charge < -0.3 is 19.4 Å². The summed E-state index contributed by atoms with van der Waals surface area (Å²) in [5.74, 6) is 1.53. The van der Waals surface area contributed by atoms with Crippen molar-refractivity contribution in [1.29, 1.82) is 0 Å². The van der Waals surface area contributed by atoms with Gasteiger partial charge in [-0.2, -0.15) is 0 Å². The fraction of sp³-hybridized carbons (Fsp3) is 0.412. The molecule has 0 aliphatic rings. The van der Waals surface area contributed by atoms with Crippen molar-refractivity contribution in [3.05, 3.63) is 47.8 Å². The Labute approximate surface area is 126 Å². The summed E-state index contributed by atoms with van der Waals surface area (Å²) >= 11 is 0. The molecule has 2 aromatic rings. The van der Waals surface area contributed by atoms with Crippen LogP contribution in [0.25, 0.3) is 0 Å². The molecular weight excluding hydrogens is 264 g/mol. The minimum atomic E-state index is 0.414. The highest BCUT2D eigenvalue weighted by Crippen LogP contribution is 2.28. The summed E-state index contributed by atoms with van der Waals surface area (Å²) in [6.07, 6.45) is 5.39. The predicted octanol–water partition coefficient (Wildman–Crippen LogP) is 3.22. The number of hydrogen-bond donors (Lipinski definition) is 1. The summed E-state index contributed by atoms with van der Waals surface area (Å²) in [5, 5.41) is 3.33. The number of methoxy groups -OCH3 is 2. The number of ether oxygens (including phenoxy) is 2. The summed E-state index contributed by atoms with van der Waals surface area (Å²) in [4.78, 5) is 0. The topological polar surface area (TPSA) is 35.4 Å². The van der Waals surface area contributed by atoms with Crippen molar-refractivity contribution in [3.63, 3.8) is 0 Å². The van der Waals surface area contributed by atoms with E-state index in [4.69, 9.17) is 9.47 Å². The lowest BCUT2D eigenvalue weighted by molar-refractivity contribution is 0.354. The van der Waals surface area contributed by atoms with Crippen molar-refractivity contribution in [1.82, 2.24) is 9.88 Å². The summed E-state index contributed by atoms with van der Waals surface area (Å²) in [6, 6.07) is 8.62. The fourth-order valence-electron chi connectivity index (χ4n) is 2.56. The van der Waals surface area contributed by atoms with Crippen LogP contribution in [0.1, 0.15) is 30.5 Å². The van der Waals surface area contributed by atoms with E-state index in [9.17, 15) is 0 Å². The van der Waals surface area contributed by atoms with E-state index in [0.717, 1.165) is 24.5 Å². The zero-order valence-corrected chi connectivity index (χ0v) is 13.2. The first kappa shape index (κ1) is 15.4. The van der Waals surface area contributed by atoms with Crippen LogP contribution in [0.4, 0.5) is 0 Å². The van der Waals surface area contributed by atoms with Gasteiger partial charge in [0.25, 0.3) is 0 Å². The second-order valence-corrected chi connectivity index (χ2v) is 5.06. The fourth-order valence-corrected chi connectivity index (χ4v) is 2.56. The van der Waals surface area contributed by atoms with Crippen LogP contribution >= 0.6 is 0 Å². The number of rotatable bonds is 7. The van der Waals surface area contributed by atoms with Crippen molar-refractivity contribution >= 4 is 0 Å². The molecule has 4 nitrogen and oxygen atoms in total. The first-order valence-electron chi connectivity index (χ1n) is 7.25. The van der Waals surface area contributed by atoms with E-state index in [1.165, 1.54) is 11.1 Å². The monoisotopic (exact) mass is 288 g/mol. The Kier molecular flexibility index (Phi) is 5.28. The van der Waals surface area contributed by atoms with E-state index in [1.54, 1.807) is 14.2 Å². The van der Waals surface area contributed by atoms with Crippen LogP contribution in [0.15, 0.2) is 36.7 Å². The van der Waals surface area contributed by atoms with E-state index >= 15 is 0 Å². The quantitative estimate of drug-likeness (QED) is 0.849. The van der Waals surface area contributed by atoms with E-state index in [0.29, 0.717) is 6.04 Å². The van der Waals surface area contributed by atoms with Gasteiger partial charge in [0, 0.05) is 25.0 Å². The SMILES string of the molecule is CCC(NC)c1ccn(Cc2ccc(OC)c(OC)c2)c1. The van der Waals surface area contributed by atoms with Crippen LogP contribution in [-0.2, 0) is 6.54 Å². The maximum Gasteiger partial charge on any atom is 0.161 e. The lowest BCUT2D eigenvalue weighted by atomic mass is 10.1. The molecule has 0 bridgehead atoms. The highest BCUT2D eigenvalue weighted by atomic mass is 16.5. The third-order valence-electron chi connectivity index (χ3n) is 3.75. The highest BCUT2D eigenvalue weighted by molar-refractivity contribution is 5.43. The molecule has 0 aliphatic carbocycles. The van der Waals surface area contributed by atoms with Gasteiger partial charge >= 0.3 is 0 Å². The number of benzene rings is 1. The van der Waals surface area contributed by atoms with Gasteiger partial charge in [-0.05, 0) is 42.8 Å². The van der Waals surface area contributed by atoms with E-state index in [2.05, 4.69) is 41.3 Å². The molecule has 2 rings (SSSR count). The van der Waals surface area contributed by atoms with Gasteiger partial charge in [0.15, 0.2) is 11.5 Å². The third-order valence-corrected chi connectivity index (χ3v) is 3.75. The molecule has 0 saturated heterocycles. The normalized spacial score (nSPS) is 12.2. The highest BCUT2D eigenvalue weighted by Gasteiger charge is 2.09. The first-order chi connectivity index (χ1) is 10.2. The number of nitrogens with zero attached hydrogens (tertiary/aromatic N) is 1. The molecule has 0 spiro atoms. The smallest absolute Gasteiger partial charge is 0.161 e. The molecule has 0 radical (unpaired) electrons. The average molecular weight is 288 g/mol. The third kappa shape index (κ3) is 3.58. The molecule has 0 fully saturated rings.